The first-order valence-electron chi connectivity index (χ1n) is 5.98. The molecule has 1 unspecified atom stereocenters. The zero-order valence-electron chi connectivity index (χ0n) is 10.7. The van der Waals surface area contributed by atoms with E-state index >= 15 is 0 Å². The molecule has 0 amide bonds. The molecule has 5 heteroatoms. The fourth-order valence-corrected chi connectivity index (χ4v) is 2.70. The van der Waals surface area contributed by atoms with E-state index in [-0.39, 0.29) is 6.04 Å². The molecule has 0 saturated carbocycles. The second kappa shape index (κ2) is 7.13. The van der Waals surface area contributed by atoms with E-state index in [2.05, 4.69) is 22.5 Å². The van der Waals surface area contributed by atoms with E-state index in [1.54, 1.807) is 25.1 Å². The number of nitrogens with one attached hydrogen (secondary N) is 1. The van der Waals surface area contributed by atoms with Gasteiger partial charge in [-0.3, -0.25) is 16.3 Å². The SMILES string of the molecule is COc1cccnc1C(CSc1ccccc1)NN. The van der Waals surface area contributed by atoms with Gasteiger partial charge in [-0.05, 0) is 24.3 Å². The number of rotatable bonds is 6. The number of hydrogen-bond donors (Lipinski definition) is 2. The normalized spacial score (nSPS) is 12.1. The van der Waals surface area contributed by atoms with Crippen LogP contribution in [0.2, 0.25) is 0 Å². The molecule has 0 aliphatic rings. The Kier molecular flexibility index (Phi) is 5.20. The van der Waals surface area contributed by atoms with E-state index in [0.29, 0.717) is 0 Å². The van der Waals surface area contributed by atoms with Gasteiger partial charge in [0, 0.05) is 16.8 Å². The van der Waals surface area contributed by atoms with Crippen molar-refractivity contribution >= 4 is 11.8 Å². The van der Waals surface area contributed by atoms with E-state index in [1.165, 1.54) is 4.90 Å². The van der Waals surface area contributed by atoms with Crippen LogP contribution >= 0.6 is 11.8 Å². The maximum atomic E-state index is 5.63. The van der Waals surface area contributed by atoms with E-state index in [0.717, 1.165) is 17.2 Å². The molecule has 4 nitrogen and oxygen atoms in total. The van der Waals surface area contributed by atoms with Crippen LogP contribution in [0.1, 0.15) is 11.7 Å². The molecule has 0 aliphatic carbocycles. The number of hydrazine groups is 1. The summed E-state index contributed by atoms with van der Waals surface area (Å²) in [4.78, 5) is 5.56. The minimum atomic E-state index is -0.0543. The number of hydrogen-bond acceptors (Lipinski definition) is 5. The molecule has 0 radical (unpaired) electrons. The van der Waals surface area contributed by atoms with Crippen molar-refractivity contribution in [1.82, 2.24) is 10.4 Å². The van der Waals surface area contributed by atoms with Gasteiger partial charge in [-0.2, -0.15) is 0 Å². The highest BCUT2D eigenvalue weighted by atomic mass is 32.2. The van der Waals surface area contributed by atoms with E-state index in [4.69, 9.17) is 10.6 Å². The Morgan fingerprint density at radius 2 is 2.05 bits per heavy atom. The summed E-state index contributed by atoms with van der Waals surface area (Å²) in [5.41, 5.74) is 3.63. The van der Waals surface area contributed by atoms with Crippen molar-refractivity contribution < 1.29 is 4.74 Å². The van der Waals surface area contributed by atoms with Crippen LogP contribution in [0.4, 0.5) is 0 Å². The molecule has 2 rings (SSSR count). The third-order valence-electron chi connectivity index (χ3n) is 2.71. The predicted molar refractivity (Wildman–Crippen MR) is 78.0 cm³/mol. The van der Waals surface area contributed by atoms with E-state index in [9.17, 15) is 0 Å². The fraction of sp³-hybridized carbons (Fsp3) is 0.214. The number of thioether (sulfide) groups is 1. The summed E-state index contributed by atoms with van der Waals surface area (Å²) in [6, 6.07) is 13.9. The Balaban J connectivity index is 2.08. The van der Waals surface area contributed by atoms with Crippen LogP contribution in [0.3, 0.4) is 0 Å². The van der Waals surface area contributed by atoms with Gasteiger partial charge in [0.1, 0.15) is 11.4 Å². The fourth-order valence-electron chi connectivity index (χ4n) is 1.74. The molecule has 0 fully saturated rings. The maximum absolute atomic E-state index is 5.63. The van der Waals surface area contributed by atoms with Crippen LogP contribution in [0.25, 0.3) is 0 Å². The van der Waals surface area contributed by atoms with Crippen LogP contribution in [-0.2, 0) is 0 Å². The number of nitrogens with zero attached hydrogens (tertiary/aromatic N) is 1. The predicted octanol–water partition coefficient (Wildman–Crippen LogP) is 2.39. The van der Waals surface area contributed by atoms with Crippen molar-refractivity contribution in [2.24, 2.45) is 5.84 Å². The highest BCUT2D eigenvalue weighted by Gasteiger charge is 2.16. The van der Waals surface area contributed by atoms with E-state index in [1.807, 2.05) is 30.3 Å². The van der Waals surface area contributed by atoms with Crippen molar-refractivity contribution in [3.63, 3.8) is 0 Å². The zero-order valence-corrected chi connectivity index (χ0v) is 11.6. The van der Waals surface area contributed by atoms with Crippen molar-refractivity contribution in [3.8, 4) is 5.75 Å². The molecule has 1 atom stereocenters. The van der Waals surface area contributed by atoms with Gasteiger partial charge < -0.3 is 4.74 Å². The topological polar surface area (TPSA) is 60.2 Å². The van der Waals surface area contributed by atoms with Crippen molar-refractivity contribution in [1.29, 1.82) is 0 Å². The second-order valence-electron chi connectivity index (χ2n) is 3.93. The summed E-state index contributed by atoms with van der Waals surface area (Å²) >= 11 is 1.73. The number of pyridine rings is 1. The number of methoxy groups -OCH3 is 1. The summed E-state index contributed by atoms with van der Waals surface area (Å²) in [7, 11) is 1.64. The van der Waals surface area contributed by atoms with Crippen LogP contribution in [0.5, 0.6) is 5.75 Å². The molecular formula is C14H17N3OS. The Labute approximate surface area is 117 Å². The minimum Gasteiger partial charge on any atom is -0.495 e. The van der Waals surface area contributed by atoms with Crippen LogP contribution < -0.4 is 16.0 Å². The molecule has 1 heterocycles. The standard InChI is InChI=1S/C14H17N3OS/c1-18-13-8-5-9-16-14(13)12(17-15)10-19-11-6-3-2-4-7-11/h2-9,12,17H,10,15H2,1H3. The first-order valence-corrected chi connectivity index (χ1v) is 6.96. The second-order valence-corrected chi connectivity index (χ2v) is 5.03. The Hall–Kier alpha value is -1.56. The smallest absolute Gasteiger partial charge is 0.142 e. The van der Waals surface area contributed by atoms with Gasteiger partial charge in [0.25, 0.3) is 0 Å². The Morgan fingerprint density at radius 1 is 1.26 bits per heavy atom. The largest absolute Gasteiger partial charge is 0.495 e. The number of aromatic nitrogens is 1. The molecule has 0 spiro atoms. The molecular weight excluding hydrogens is 258 g/mol. The summed E-state index contributed by atoms with van der Waals surface area (Å²) in [6.07, 6.45) is 1.75. The highest BCUT2D eigenvalue weighted by Crippen LogP contribution is 2.27. The molecule has 1 aromatic heterocycles. The molecule has 0 saturated heterocycles. The number of ether oxygens (including phenoxy) is 1. The molecule has 19 heavy (non-hydrogen) atoms. The first-order chi connectivity index (χ1) is 9.35. The summed E-state index contributed by atoms with van der Waals surface area (Å²) in [5, 5.41) is 0. The molecule has 100 valence electrons. The summed E-state index contributed by atoms with van der Waals surface area (Å²) in [5.74, 6) is 7.17. The quantitative estimate of drug-likeness (QED) is 0.481. The third kappa shape index (κ3) is 3.70. The van der Waals surface area contributed by atoms with E-state index < -0.39 is 0 Å². The summed E-state index contributed by atoms with van der Waals surface area (Å²) in [6.45, 7) is 0. The van der Waals surface area contributed by atoms with Crippen LogP contribution in [0.15, 0.2) is 53.6 Å². The van der Waals surface area contributed by atoms with Gasteiger partial charge in [0.2, 0.25) is 0 Å². The monoisotopic (exact) mass is 275 g/mol. The van der Waals surface area contributed by atoms with Gasteiger partial charge in [-0.25, -0.2) is 0 Å². The van der Waals surface area contributed by atoms with Crippen molar-refractivity contribution in [2.75, 3.05) is 12.9 Å². The van der Waals surface area contributed by atoms with Crippen LogP contribution in [0, 0.1) is 0 Å². The average Bonchev–Trinajstić information content (AvgIpc) is 2.49. The Morgan fingerprint density at radius 3 is 2.74 bits per heavy atom. The van der Waals surface area contributed by atoms with Gasteiger partial charge in [0.15, 0.2) is 0 Å². The third-order valence-corrected chi connectivity index (χ3v) is 3.82. The summed E-state index contributed by atoms with van der Waals surface area (Å²) < 4.78 is 5.31. The molecule has 3 N–H and O–H groups in total. The maximum Gasteiger partial charge on any atom is 0.142 e. The van der Waals surface area contributed by atoms with Gasteiger partial charge in [-0.1, -0.05) is 18.2 Å². The lowest BCUT2D eigenvalue weighted by Gasteiger charge is -2.17. The average molecular weight is 275 g/mol. The molecule has 0 aliphatic heterocycles. The van der Waals surface area contributed by atoms with Gasteiger partial charge >= 0.3 is 0 Å². The molecule has 1 aromatic carbocycles. The zero-order chi connectivity index (χ0) is 13.5. The lowest BCUT2D eigenvalue weighted by Crippen LogP contribution is -2.30. The van der Waals surface area contributed by atoms with Crippen molar-refractivity contribution in [2.45, 2.75) is 10.9 Å². The lowest BCUT2D eigenvalue weighted by molar-refractivity contribution is 0.398. The van der Waals surface area contributed by atoms with Gasteiger partial charge in [0.05, 0.1) is 13.2 Å². The van der Waals surface area contributed by atoms with Gasteiger partial charge in [-0.15, -0.1) is 11.8 Å². The first kappa shape index (κ1) is 13.9. The Bertz CT molecular complexity index is 507. The van der Waals surface area contributed by atoms with Crippen molar-refractivity contribution in [3.05, 3.63) is 54.4 Å². The van der Waals surface area contributed by atoms with Crippen LogP contribution in [-0.4, -0.2) is 17.8 Å². The lowest BCUT2D eigenvalue weighted by atomic mass is 10.2. The minimum absolute atomic E-state index is 0.0543. The molecule has 0 bridgehead atoms. The number of benzene rings is 1. The number of nitrogens with two attached hydrogens (primary N) is 1. The molecule has 2 aromatic rings. The highest BCUT2D eigenvalue weighted by molar-refractivity contribution is 7.99.